The summed E-state index contributed by atoms with van der Waals surface area (Å²) in [4.78, 5) is 13.7. The fraction of sp³-hybridized carbons (Fsp3) is 0.143. The van der Waals surface area contributed by atoms with Crippen molar-refractivity contribution in [2.24, 2.45) is 0 Å². The Bertz CT molecular complexity index is 343. The maximum absolute atomic E-state index is 12.2. The second-order valence-corrected chi connectivity index (χ2v) is 2.60. The van der Waals surface area contributed by atoms with Gasteiger partial charge in [0.25, 0.3) is 6.43 Å². The highest BCUT2D eigenvalue weighted by molar-refractivity contribution is 6.31. The van der Waals surface area contributed by atoms with E-state index < -0.39 is 23.7 Å². The van der Waals surface area contributed by atoms with Gasteiger partial charge in [0, 0.05) is 11.8 Å². The van der Waals surface area contributed by atoms with Crippen LogP contribution in [0, 0.1) is 0 Å². The van der Waals surface area contributed by atoms with Crippen molar-refractivity contribution < 1.29 is 18.7 Å². The average Bonchev–Trinajstić information content (AvgIpc) is 2.04. The number of halogens is 3. The lowest BCUT2D eigenvalue weighted by Crippen LogP contribution is -2.01. The van der Waals surface area contributed by atoms with Gasteiger partial charge >= 0.3 is 5.97 Å². The molecule has 3 nitrogen and oxygen atoms in total. The number of rotatable bonds is 2. The summed E-state index contributed by atoms with van der Waals surface area (Å²) in [6, 6.07) is 0.759. The smallest absolute Gasteiger partial charge is 0.354 e. The minimum absolute atomic E-state index is 0.236. The molecule has 1 aromatic heterocycles. The largest absolute Gasteiger partial charge is 0.477 e. The van der Waals surface area contributed by atoms with E-state index in [-0.39, 0.29) is 5.02 Å². The van der Waals surface area contributed by atoms with Gasteiger partial charge < -0.3 is 5.11 Å². The molecule has 1 heterocycles. The predicted molar refractivity (Wildman–Crippen MR) is 41.2 cm³/mol. The molecule has 70 valence electrons. The molecule has 1 aromatic rings. The number of nitrogens with zero attached hydrogens (tertiary/aromatic N) is 1. The van der Waals surface area contributed by atoms with E-state index in [0.717, 1.165) is 12.3 Å². The third kappa shape index (κ3) is 2.12. The van der Waals surface area contributed by atoms with E-state index in [4.69, 9.17) is 16.7 Å². The number of carboxylic acid groups (broad SMARTS) is 1. The quantitative estimate of drug-likeness (QED) is 0.810. The van der Waals surface area contributed by atoms with Crippen LogP contribution in [-0.4, -0.2) is 16.1 Å². The molecular formula is C7H4ClF2NO2. The molecule has 0 bridgehead atoms. The van der Waals surface area contributed by atoms with Gasteiger partial charge in [-0.25, -0.2) is 18.6 Å². The number of hydrogen-bond donors (Lipinski definition) is 1. The lowest BCUT2D eigenvalue weighted by molar-refractivity contribution is 0.0690. The van der Waals surface area contributed by atoms with Crippen LogP contribution in [0.1, 0.15) is 22.5 Å². The van der Waals surface area contributed by atoms with E-state index in [9.17, 15) is 13.6 Å². The molecule has 0 amide bonds. The standard InChI is InChI=1S/C7H4ClF2NO2/c8-4-2-11-5(7(12)13)1-3(4)6(9)10/h1-2,6H,(H,12,13). The summed E-state index contributed by atoms with van der Waals surface area (Å²) in [5.74, 6) is -1.36. The second-order valence-electron chi connectivity index (χ2n) is 2.20. The molecule has 0 saturated carbocycles. The van der Waals surface area contributed by atoms with Gasteiger partial charge in [0.2, 0.25) is 0 Å². The van der Waals surface area contributed by atoms with Crippen molar-refractivity contribution in [3.05, 3.63) is 28.5 Å². The monoisotopic (exact) mass is 207 g/mol. The zero-order chi connectivity index (χ0) is 10.0. The van der Waals surface area contributed by atoms with Crippen molar-refractivity contribution in [1.29, 1.82) is 0 Å². The average molecular weight is 208 g/mol. The van der Waals surface area contributed by atoms with Gasteiger partial charge in [-0.05, 0) is 6.07 Å². The summed E-state index contributed by atoms with van der Waals surface area (Å²) in [6.07, 6.45) is -1.90. The summed E-state index contributed by atoms with van der Waals surface area (Å²) in [5.41, 5.74) is -0.964. The summed E-state index contributed by atoms with van der Waals surface area (Å²) in [6.45, 7) is 0. The van der Waals surface area contributed by atoms with Crippen LogP contribution < -0.4 is 0 Å². The Morgan fingerprint density at radius 3 is 2.69 bits per heavy atom. The van der Waals surface area contributed by atoms with Crippen molar-refractivity contribution in [2.75, 3.05) is 0 Å². The second kappa shape index (κ2) is 3.66. The van der Waals surface area contributed by atoms with E-state index in [1.807, 2.05) is 0 Å². The lowest BCUT2D eigenvalue weighted by atomic mass is 10.2. The van der Waals surface area contributed by atoms with Crippen LogP contribution in [0.4, 0.5) is 8.78 Å². The molecule has 0 radical (unpaired) electrons. The molecule has 0 unspecified atom stereocenters. The summed E-state index contributed by atoms with van der Waals surface area (Å²) in [7, 11) is 0. The van der Waals surface area contributed by atoms with Crippen LogP contribution in [0.3, 0.4) is 0 Å². The maximum atomic E-state index is 12.2. The zero-order valence-electron chi connectivity index (χ0n) is 6.17. The summed E-state index contributed by atoms with van der Waals surface area (Å²) < 4.78 is 24.3. The first-order chi connectivity index (χ1) is 6.02. The normalized spacial score (nSPS) is 10.5. The first kappa shape index (κ1) is 9.85. The number of aromatic nitrogens is 1. The molecule has 6 heteroatoms. The Labute approximate surface area is 77.0 Å². The van der Waals surface area contributed by atoms with Gasteiger partial charge in [0.1, 0.15) is 5.69 Å². The predicted octanol–water partition coefficient (Wildman–Crippen LogP) is 2.37. The van der Waals surface area contributed by atoms with Crippen molar-refractivity contribution in [1.82, 2.24) is 4.98 Å². The molecule has 0 fully saturated rings. The molecule has 0 atom stereocenters. The van der Waals surface area contributed by atoms with Gasteiger partial charge in [-0.15, -0.1) is 0 Å². The molecule has 13 heavy (non-hydrogen) atoms. The van der Waals surface area contributed by atoms with Crippen LogP contribution in [-0.2, 0) is 0 Å². The third-order valence-electron chi connectivity index (χ3n) is 1.34. The minimum Gasteiger partial charge on any atom is -0.477 e. The van der Waals surface area contributed by atoms with Crippen LogP contribution >= 0.6 is 11.6 Å². The number of carbonyl (C=O) groups is 1. The zero-order valence-corrected chi connectivity index (χ0v) is 6.92. The molecule has 1 rings (SSSR count). The van der Waals surface area contributed by atoms with E-state index in [0.29, 0.717) is 0 Å². The molecule has 0 aliphatic heterocycles. The van der Waals surface area contributed by atoms with Crippen molar-refractivity contribution in [3.8, 4) is 0 Å². The summed E-state index contributed by atoms with van der Waals surface area (Å²) >= 11 is 5.36. The Morgan fingerprint density at radius 2 is 2.23 bits per heavy atom. The molecular weight excluding hydrogens is 204 g/mol. The van der Waals surface area contributed by atoms with Crippen molar-refractivity contribution in [3.63, 3.8) is 0 Å². The highest BCUT2D eigenvalue weighted by Gasteiger charge is 2.15. The fourth-order valence-corrected chi connectivity index (χ4v) is 0.924. The number of hydrogen-bond acceptors (Lipinski definition) is 2. The maximum Gasteiger partial charge on any atom is 0.354 e. The van der Waals surface area contributed by atoms with Crippen molar-refractivity contribution in [2.45, 2.75) is 6.43 Å². The first-order valence-corrected chi connectivity index (χ1v) is 3.57. The number of carboxylic acids is 1. The van der Waals surface area contributed by atoms with Gasteiger partial charge in [-0.3, -0.25) is 0 Å². The van der Waals surface area contributed by atoms with Crippen LogP contribution in [0.5, 0.6) is 0 Å². The molecule has 0 spiro atoms. The fourth-order valence-electron chi connectivity index (χ4n) is 0.738. The Kier molecular flexibility index (Phi) is 2.77. The van der Waals surface area contributed by atoms with E-state index >= 15 is 0 Å². The molecule has 0 aromatic carbocycles. The van der Waals surface area contributed by atoms with E-state index in [2.05, 4.69) is 4.98 Å². The van der Waals surface area contributed by atoms with Crippen LogP contribution in [0.15, 0.2) is 12.3 Å². The van der Waals surface area contributed by atoms with Gasteiger partial charge in [-0.1, -0.05) is 11.6 Å². The third-order valence-corrected chi connectivity index (χ3v) is 1.65. The molecule has 1 N–H and O–H groups in total. The topological polar surface area (TPSA) is 50.2 Å². The van der Waals surface area contributed by atoms with E-state index in [1.54, 1.807) is 0 Å². The van der Waals surface area contributed by atoms with Crippen molar-refractivity contribution >= 4 is 17.6 Å². The van der Waals surface area contributed by atoms with Gasteiger partial charge in [-0.2, -0.15) is 0 Å². The minimum atomic E-state index is -2.80. The number of aromatic carboxylic acids is 1. The van der Waals surface area contributed by atoms with Crippen LogP contribution in [0.2, 0.25) is 5.02 Å². The Balaban J connectivity index is 3.19. The SMILES string of the molecule is O=C(O)c1cc(C(F)F)c(Cl)cn1. The highest BCUT2D eigenvalue weighted by Crippen LogP contribution is 2.26. The van der Waals surface area contributed by atoms with Gasteiger partial charge in [0.15, 0.2) is 0 Å². The molecule has 0 saturated heterocycles. The van der Waals surface area contributed by atoms with Gasteiger partial charge in [0.05, 0.1) is 5.02 Å². The highest BCUT2D eigenvalue weighted by atomic mass is 35.5. The van der Waals surface area contributed by atoms with E-state index in [1.165, 1.54) is 0 Å². The lowest BCUT2D eigenvalue weighted by Gasteiger charge is -2.02. The summed E-state index contributed by atoms with van der Waals surface area (Å²) in [5, 5.41) is 8.20. The Hall–Kier alpha value is -1.23. The first-order valence-electron chi connectivity index (χ1n) is 3.19. The molecule has 0 aliphatic carbocycles. The Morgan fingerprint density at radius 1 is 1.62 bits per heavy atom. The molecule has 0 aliphatic rings. The number of pyridine rings is 1. The van der Waals surface area contributed by atoms with Crippen LogP contribution in [0.25, 0.3) is 0 Å². The number of alkyl halides is 2.